The van der Waals surface area contributed by atoms with Crippen LogP contribution < -0.4 is 11.5 Å². The standard InChI is InChI=1S/C5H10N2O3.C5H13O14P3/c6-3(5(9)10)1-2-4(7)8;6-1-2-3(7)4(17-20(8,9)10)5(16-2)18-22(14,15)19-21(11,12)13/h3H,1-2,6H2,(H2,7,8)(H,9,10);2-7H,1H2,(H,14,15)(H2,8,9,10)(H2,11,12,13)/t3-;2-,3-,4-,5?/m01/s1. The maximum atomic E-state index is 11.3. The third kappa shape index (κ3) is 13.0. The molecule has 19 nitrogen and oxygen atoms in total. The lowest BCUT2D eigenvalue weighted by Crippen LogP contribution is -2.36. The number of rotatable bonds is 11. The van der Waals surface area contributed by atoms with Crippen molar-refractivity contribution < 1.29 is 81.2 Å². The predicted octanol–water partition coefficient (Wildman–Crippen LogP) is -3.57. The molecule has 190 valence electrons. The van der Waals surface area contributed by atoms with Gasteiger partial charge in [-0.15, -0.1) is 0 Å². The van der Waals surface area contributed by atoms with Crippen LogP contribution in [0.1, 0.15) is 12.8 Å². The molecule has 12 N–H and O–H groups in total. The highest BCUT2D eigenvalue weighted by Crippen LogP contribution is 2.59. The summed E-state index contributed by atoms with van der Waals surface area (Å²) in [5, 5.41) is 26.7. The summed E-state index contributed by atoms with van der Waals surface area (Å²) in [5.41, 5.74) is 9.81. The average molecular weight is 536 g/mol. The number of aliphatic hydroxyl groups excluding tert-OH is 2. The normalized spacial score (nSPS) is 26.5. The second-order valence-corrected chi connectivity index (χ2v) is 9.85. The molecule has 2 unspecified atom stereocenters. The minimum absolute atomic E-state index is 0.0213. The van der Waals surface area contributed by atoms with E-state index in [0.29, 0.717) is 0 Å². The van der Waals surface area contributed by atoms with Crippen LogP contribution in [0.4, 0.5) is 0 Å². The van der Waals surface area contributed by atoms with Crippen molar-refractivity contribution in [1.29, 1.82) is 0 Å². The van der Waals surface area contributed by atoms with Gasteiger partial charge in [0.05, 0.1) is 6.61 Å². The molecule has 22 heteroatoms. The number of nitrogens with two attached hydrogens (primary N) is 2. The fourth-order valence-electron chi connectivity index (χ4n) is 1.92. The van der Waals surface area contributed by atoms with Gasteiger partial charge in [-0.25, -0.2) is 13.7 Å². The molecule has 1 rings (SSSR count). The first kappa shape index (κ1) is 31.1. The molecule has 6 atom stereocenters. The van der Waals surface area contributed by atoms with Crippen LogP contribution in [0.15, 0.2) is 0 Å². The number of aliphatic hydroxyl groups is 2. The second kappa shape index (κ2) is 12.6. The summed E-state index contributed by atoms with van der Waals surface area (Å²) in [6.07, 6.45) is -7.46. The number of amides is 1. The van der Waals surface area contributed by atoms with Gasteiger partial charge < -0.3 is 56.0 Å². The van der Waals surface area contributed by atoms with Crippen molar-refractivity contribution in [2.45, 2.75) is 43.5 Å². The quantitative estimate of drug-likeness (QED) is 0.114. The zero-order chi connectivity index (χ0) is 25.5. The van der Waals surface area contributed by atoms with E-state index in [1.165, 1.54) is 0 Å². The van der Waals surface area contributed by atoms with Gasteiger partial charge in [0.1, 0.15) is 24.4 Å². The topological polar surface area (TPSA) is 336 Å². The van der Waals surface area contributed by atoms with Crippen molar-refractivity contribution in [2.75, 3.05) is 6.61 Å². The van der Waals surface area contributed by atoms with Gasteiger partial charge in [-0.1, -0.05) is 0 Å². The molecule has 1 saturated heterocycles. The second-order valence-electron chi connectivity index (χ2n) is 5.87. The Bertz CT molecular complexity index is 781. The van der Waals surface area contributed by atoms with E-state index in [1.54, 1.807) is 0 Å². The Morgan fingerprint density at radius 1 is 1.03 bits per heavy atom. The molecule has 32 heavy (non-hydrogen) atoms. The molecule has 0 aromatic carbocycles. The number of primary amides is 1. The Labute approximate surface area is 178 Å². The molecule has 1 heterocycles. The summed E-state index contributed by atoms with van der Waals surface area (Å²) < 4.78 is 49.0. The largest absolute Gasteiger partial charge is 0.483 e. The van der Waals surface area contributed by atoms with Gasteiger partial charge in [-0.3, -0.25) is 18.6 Å². The Morgan fingerprint density at radius 3 is 1.94 bits per heavy atom. The highest BCUT2D eigenvalue weighted by Gasteiger charge is 2.51. The molecular formula is C10H23N2O17P3. The van der Waals surface area contributed by atoms with Crippen LogP contribution in [0, 0.1) is 0 Å². The minimum Gasteiger partial charge on any atom is -0.480 e. The Hall–Kier alpha value is -0.850. The summed E-state index contributed by atoms with van der Waals surface area (Å²) >= 11 is 0. The lowest BCUT2D eigenvalue weighted by atomic mass is 10.1. The molecular weight excluding hydrogens is 513 g/mol. The van der Waals surface area contributed by atoms with E-state index >= 15 is 0 Å². The summed E-state index contributed by atoms with van der Waals surface area (Å²) in [5.74, 6) is -1.64. The number of carbonyl (C=O) groups is 2. The van der Waals surface area contributed by atoms with Crippen LogP contribution in [0.25, 0.3) is 0 Å². The van der Waals surface area contributed by atoms with E-state index in [-0.39, 0.29) is 12.8 Å². The van der Waals surface area contributed by atoms with E-state index in [4.69, 9.17) is 46.1 Å². The summed E-state index contributed by atoms with van der Waals surface area (Å²) in [4.78, 5) is 63.4. The molecule has 1 fully saturated rings. The number of carboxylic acid groups (broad SMARTS) is 1. The SMILES string of the molecule is NC(=O)CC[C@H](N)C(=O)O.O=P(O)(O)O[C@H]1C(OP(=O)(O)OP(=O)(O)O)O[C@H](CO)[C@H]1O. The van der Waals surface area contributed by atoms with E-state index in [0.717, 1.165) is 0 Å². The van der Waals surface area contributed by atoms with Gasteiger partial charge in [-0.2, -0.15) is 4.31 Å². The Kier molecular flexibility index (Phi) is 12.2. The fourth-order valence-corrected chi connectivity index (χ4v) is 4.12. The maximum Gasteiger partial charge on any atom is 0.483 e. The molecule has 0 radical (unpaired) electrons. The van der Waals surface area contributed by atoms with Crippen molar-refractivity contribution in [2.24, 2.45) is 11.5 Å². The zero-order valence-corrected chi connectivity index (χ0v) is 18.4. The number of ether oxygens (including phenoxy) is 1. The summed E-state index contributed by atoms with van der Waals surface area (Å²) in [6, 6.07) is -0.979. The third-order valence-corrected chi connectivity index (χ3v) is 5.87. The number of carboxylic acids is 1. The van der Waals surface area contributed by atoms with Crippen LogP contribution in [0.2, 0.25) is 0 Å². The first-order valence-electron chi connectivity index (χ1n) is 8.01. The van der Waals surface area contributed by atoms with Gasteiger partial charge >= 0.3 is 29.4 Å². The molecule has 1 aliphatic rings. The smallest absolute Gasteiger partial charge is 0.480 e. The van der Waals surface area contributed by atoms with Gasteiger partial charge in [0.2, 0.25) is 5.91 Å². The van der Waals surface area contributed by atoms with Crippen LogP contribution in [-0.4, -0.2) is 88.9 Å². The lowest BCUT2D eigenvalue weighted by molar-refractivity contribution is -0.138. The van der Waals surface area contributed by atoms with E-state index in [2.05, 4.69) is 18.1 Å². The summed E-state index contributed by atoms with van der Waals surface area (Å²) in [6.45, 7) is -0.878. The number of hydrogen-bond donors (Lipinski definition) is 10. The molecule has 1 aliphatic heterocycles. The molecule has 0 bridgehead atoms. The predicted molar refractivity (Wildman–Crippen MR) is 96.7 cm³/mol. The van der Waals surface area contributed by atoms with Gasteiger partial charge in [0, 0.05) is 6.42 Å². The van der Waals surface area contributed by atoms with Crippen molar-refractivity contribution >= 4 is 35.3 Å². The number of hydrogen-bond acceptors (Lipinski definition) is 12. The van der Waals surface area contributed by atoms with Crippen molar-refractivity contribution in [3.8, 4) is 0 Å². The highest BCUT2D eigenvalue weighted by atomic mass is 31.3. The molecule has 1 amide bonds. The van der Waals surface area contributed by atoms with Crippen molar-refractivity contribution in [3.63, 3.8) is 0 Å². The molecule has 0 aromatic heterocycles. The minimum atomic E-state index is -5.44. The number of aliphatic carboxylic acids is 1. The van der Waals surface area contributed by atoms with Crippen molar-refractivity contribution in [3.05, 3.63) is 0 Å². The molecule has 0 aromatic rings. The maximum absolute atomic E-state index is 11.3. The monoisotopic (exact) mass is 536 g/mol. The van der Waals surface area contributed by atoms with E-state index in [1.807, 2.05) is 0 Å². The van der Waals surface area contributed by atoms with E-state index in [9.17, 15) is 28.4 Å². The first-order chi connectivity index (χ1) is 14.3. The van der Waals surface area contributed by atoms with Gasteiger partial charge in [-0.05, 0) is 6.42 Å². The summed E-state index contributed by atoms with van der Waals surface area (Å²) in [7, 11) is -16.1. The van der Waals surface area contributed by atoms with Crippen LogP contribution >= 0.6 is 23.5 Å². The van der Waals surface area contributed by atoms with Crippen molar-refractivity contribution in [1.82, 2.24) is 0 Å². The van der Waals surface area contributed by atoms with Crippen LogP contribution in [-0.2, 0) is 41.4 Å². The average Bonchev–Trinajstić information content (AvgIpc) is 2.84. The van der Waals surface area contributed by atoms with Gasteiger partial charge in [0.15, 0.2) is 6.29 Å². The highest BCUT2D eigenvalue weighted by molar-refractivity contribution is 7.60. The lowest BCUT2D eigenvalue weighted by Gasteiger charge is -2.22. The zero-order valence-electron chi connectivity index (χ0n) is 15.8. The molecule has 0 spiro atoms. The third-order valence-electron chi connectivity index (χ3n) is 3.20. The Balaban J connectivity index is 0.000000809. The number of carbonyl (C=O) groups excluding carboxylic acids is 1. The van der Waals surface area contributed by atoms with Gasteiger partial charge in [0.25, 0.3) is 0 Å². The fraction of sp³-hybridized carbons (Fsp3) is 0.800. The van der Waals surface area contributed by atoms with Crippen LogP contribution in [0.3, 0.4) is 0 Å². The number of phosphoric acid groups is 3. The van der Waals surface area contributed by atoms with E-state index < -0.39 is 72.6 Å². The van der Waals surface area contributed by atoms with Crippen LogP contribution in [0.5, 0.6) is 0 Å². The molecule has 0 aliphatic carbocycles. The Morgan fingerprint density at radius 2 is 1.56 bits per heavy atom. The first-order valence-corrected chi connectivity index (χ1v) is 12.6. The number of phosphoric ester groups is 2. The molecule has 0 saturated carbocycles.